The molecule has 4 rings (SSSR count). The Balaban J connectivity index is 1.63. The molecule has 8 nitrogen and oxygen atoms in total. The largest absolute Gasteiger partial charge is 0.493 e. The van der Waals surface area contributed by atoms with E-state index in [1.807, 2.05) is 24.3 Å². The van der Waals surface area contributed by atoms with Crippen LogP contribution in [0.1, 0.15) is 30.9 Å². The van der Waals surface area contributed by atoms with Gasteiger partial charge in [-0.2, -0.15) is 0 Å². The molecule has 1 aliphatic heterocycles. The molecule has 1 atom stereocenters. The molecule has 2 heterocycles. The second kappa shape index (κ2) is 13.6. The van der Waals surface area contributed by atoms with Crippen molar-refractivity contribution in [1.82, 2.24) is 19.8 Å². The molecule has 10 heteroatoms. The monoisotopic (exact) mass is 557 g/mol. The molecule has 0 spiro atoms. The van der Waals surface area contributed by atoms with E-state index in [1.165, 1.54) is 10.8 Å². The van der Waals surface area contributed by atoms with Gasteiger partial charge in [0.2, 0.25) is 5.91 Å². The summed E-state index contributed by atoms with van der Waals surface area (Å²) >= 11 is 12.5. The Morgan fingerprint density at radius 3 is 2.71 bits per heavy atom. The van der Waals surface area contributed by atoms with Crippen LogP contribution in [0.2, 0.25) is 10.2 Å². The van der Waals surface area contributed by atoms with E-state index in [1.54, 1.807) is 12.1 Å². The number of ether oxygens (including phenoxy) is 1. The summed E-state index contributed by atoms with van der Waals surface area (Å²) in [4.78, 5) is 32.8. The molecular weight excluding hydrogens is 525 g/mol. The molecule has 202 valence electrons. The standard InChI is InChI=1S/C28H33Cl2N5O3/c1-2-34-12-6-7-13-38-24-11-10-22(29)15-21(24)16-31-26(36)19-35-25(30)17-32-27(28(35)37)33-23(18-34)14-20-8-4-3-5-9-20/h3-5,8-11,15,17,23H,2,6-7,12-14,16,18-19H2,1H3,(H,31,36)(H,32,33)/t23-/m0/s1. The van der Waals surface area contributed by atoms with Crippen LogP contribution in [0.5, 0.6) is 5.75 Å². The topological polar surface area (TPSA) is 88.5 Å². The molecule has 0 unspecified atom stereocenters. The third kappa shape index (κ3) is 7.72. The van der Waals surface area contributed by atoms with Gasteiger partial charge in [0.1, 0.15) is 17.4 Å². The predicted octanol–water partition coefficient (Wildman–Crippen LogP) is 4.38. The first kappa shape index (κ1) is 28.0. The third-order valence-corrected chi connectivity index (χ3v) is 7.06. The van der Waals surface area contributed by atoms with E-state index in [9.17, 15) is 9.59 Å². The Morgan fingerprint density at radius 1 is 1.11 bits per heavy atom. The smallest absolute Gasteiger partial charge is 0.294 e. The summed E-state index contributed by atoms with van der Waals surface area (Å²) in [5, 5.41) is 6.84. The highest BCUT2D eigenvalue weighted by Crippen LogP contribution is 2.23. The fourth-order valence-electron chi connectivity index (χ4n) is 4.50. The lowest BCUT2D eigenvalue weighted by Gasteiger charge is -2.28. The molecule has 0 saturated heterocycles. The SMILES string of the molecule is CCN1CCCCOc2ccc(Cl)cc2CNC(=O)Cn2c(Cl)cnc(c2=O)N[C@@H](Cc2ccccc2)C1. The first-order chi connectivity index (χ1) is 18.4. The molecule has 0 aliphatic carbocycles. The van der Waals surface area contributed by atoms with Gasteiger partial charge < -0.3 is 20.3 Å². The third-order valence-electron chi connectivity index (χ3n) is 6.52. The minimum Gasteiger partial charge on any atom is -0.493 e. The number of anilines is 1. The Morgan fingerprint density at radius 2 is 1.92 bits per heavy atom. The summed E-state index contributed by atoms with van der Waals surface area (Å²) in [6.07, 6.45) is 3.95. The Kier molecular flexibility index (Phi) is 10.0. The maximum absolute atomic E-state index is 13.3. The van der Waals surface area contributed by atoms with Crippen molar-refractivity contribution in [2.45, 2.75) is 45.3 Å². The quantitative estimate of drug-likeness (QED) is 0.496. The number of aromatic nitrogens is 2. The molecule has 1 aromatic heterocycles. The fourth-order valence-corrected chi connectivity index (χ4v) is 4.88. The van der Waals surface area contributed by atoms with Crippen LogP contribution in [0, 0.1) is 0 Å². The van der Waals surface area contributed by atoms with Gasteiger partial charge in [-0.05, 0) is 56.1 Å². The second-order valence-electron chi connectivity index (χ2n) is 9.33. The molecular formula is C28H33Cl2N5O3. The number of hydrogen-bond acceptors (Lipinski definition) is 6. The molecule has 0 radical (unpaired) electrons. The van der Waals surface area contributed by atoms with Gasteiger partial charge in [0.05, 0.1) is 12.8 Å². The van der Waals surface area contributed by atoms with Gasteiger partial charge >= 0.3 is 0 Å². The first-order valence-electron chi connectivity index (χ1n) is 12.9. The number of benzene rings is 2. The number of likely N-dealkylation sites (N-methyl/N-ethyl adjacent to an activating group) is 1. The van der Waals surface area contributed by atoms with Crippen LogP contribution in [0.15, 0.2) is 59.5 Å². The van der Waals surface area contributed by atoms with Gasteiger partial charge in [0.15, 0.2) is 5.82 Å². The normalized spacial score (nSPS) is 17.8. The van der Waals surface area contributed by atoms with Crippen molar-refractivity contribution in [3.63, 3.8) is 0 Å². The van der Waals surface area contributed by atoms with Crippen LogP contribution in [-0.2, 0) is 24.3 Å². The van der Waals surface area contributed by atoms with E-state index >= 15 is 0 Å². The van der Waals surface area contributed by atoms with Crippen LogP contribution in [-0.4, -0.2) is 52.6 Å². The highest BCUT2D eigenvalue weighted by molar-refractivity contribution is 6.30. The minimum atomic E-state index is -0.443. The van der Waals surface area contributed by atoms with Crippen LogP contribution in [0.25, 0.3) is 0 Å². The molecule has 0 fully saturated rings. The molecule has 1 aliphatic rings. The van der Waals surface area contributed by atoms with E-state index in [-0.39, 0.29) is 36.0 Å². The molecule has 2 N–H and O–H groups in total. The van der Waals surface area contributed by atoms with Crippen LogP contribution in [0.3, 0.4) is 0 Å². The Hall–Kier alpha value is -3.07. The van der Waals surface area contributed by atoms with Crippen molar-refractivity contribution in [2.75, 3.05) is 31.6 Å². The molecule has 38 heavy (non-hydrogen) atoms. The number of fused-ring (bicyclic) bond motifs is 3. The van der Waals surface area contributed by atoms with Crippen molar-refractivity contribution in [3.05, 3.63) is 86.4 Å². The Bertz CT molecular complexity index is 1290. The van der Waals surface area contributed by atoms with Crippen molar-refractivity contribution >= 4 is 34.9 Å². The number of nitrogens with zero attached hydrogens (tertiary/aromatic N) is 3. The lowest BCUT2D eigenvalue weighted by Crippen LogP contribution is -2.41. The highest BCUT2D eigenvalue weighted by Gasteiger charge is 2.19. The number of hydrogen-bond donors (Lipinski definition) is 2. The van der Waals surface area contributed by atoms with Gasteiger partial charge in [-0.25, -0.2) is 4.98 Å². The lowest BCUT2D eigenvalue weighted by atomic mass is 10.1. The molecule has 0 saturated carbocycles. The van der Waals surface area contributed by atoms with Crippen molar-refractivity contribution < 1.29 is 9.53 Å². The lowest BCUT2D eigenvalue weighted by molar-refractivity contribution is -0.121. The zero-order chi connectivity index (χ0) is 26.9. The molecule has 1 amide bonds. The second-order valence-corrected chi connectivity index (χ2v) is 10.2. The average molecular weight is 559 g/mol. The summed E-state index contributed by atoms with van der Waals surface area (Å²) in [5.41, 5.74) is 1.48. The summed E-state index contributed by atoms with van der Waals surface area (Å²) in [7, 11) is 0. The van der Waals surface area contributed by atoms with Gasteiger partial charge in [-0.15, -0.1) is 0 Å². The van der Waals surface area contributed by atoms with Gasteiger partial charge in [-0.3, -0.25) is 14.2 Å². The van der Waals surface area contributed by atoms with E-state index in [4.69, 9.17) is 27.9 Å². The van der Waals surface area contributed by atoms with E-state index in [0.29, 0.717) is 23.8 Å². The number of rotatable bonds is 3. The summed E-state index contributed by atoms with van der Waals surface area (Å²) in [6.45, 7) is 5.15. The number of carbonyl (C=O) groups excluding carboxylic acids is 1. The number of halogens is 2. The van der Waals surface area contributed by atoms with Gasteiger partial charge in [0.25, 0.3) is 5.56 Å². The zero-order valence-corrected chi connectivity index (χ0v) is 23.0. The van der Waals surface area contributed by atoms with E-state index < -0.39 is 5.56 Å². The molecule has 3 aromatic rings. The van der Waals surface area contributed by atoms with E-state index in [0.717, 1.165) is 43.6 Å². The van der Waals surface area contributed by atoms with Crippen molar-refractivity contribution in [2.24, 2.45) is 0 Å². The summed E-state index contributed by atoms with van der Waals surface area (Å²) in [5.74, 6) is 0.485. The molecule has 2 bridgehead atoms. The van der Waals surface area contributed by atoms with Crippen LogP contribution in [0.4, 0.5) is 5.82 Å². The number of carbonyl (C=O) groups is 1. The van der Waals surface area contributed by atoms with Gasteiger partial charge in [-0.1, -0.05) is 60.5 Å². The van der Waals surface area contributed by atoms with E-state index in [2.05, 4.69) is 39.6 Å². The first-order valence-corrected chi connectivity index (χ1v) is 13.6. The minimum absolute atomic E-state index is 0.0761. The highest BCUT2D eigenvalue weighted by atomic mass is 35.5. The predicted molar refractivity (Wildman–Crippen MR) is 151 cm³/mol. The van der Waals surface area contributed by atoms with Crippen molar-refractivity contribution in [1.29, 1.82) is 0 Å². The average Bonchev–Trinajstić information content (AvgIpc) is 2.91. The fraction of sp³-hybridized carbons (Fsp3) is 0.393. The van der Waals surface area contributed by atoms with Crippen molar-refractivity contribution in [3.8, 4) is 5.75 Å². The van der Waals surface area contributed by atoms with Crippen LogP contribution >= 0.6 is 23.2 Å². The van der Waals surface area contributed by atoms with Crippen LogP contribution < -0.4 is 20.9 Å². The Labute approximate surface area is 232 Å². The number of nitrogens with one attached hydrogen (secondary N) is 2. The molecule has 2 aromatic carbocycles. The summed E-state index contributed by atoms with van der Waals surface area (Å²) < 4.78 is 7.26. The maximum atomic E-state index is 13.3. The maximum Gasteiger partial charge on any atom is 0.294 e. The summed E-state index contributed by atoms with van der Waals surface area (Å²) in [6, 6.07) is 15.4. The van der Waals surface area contributed by atoms with Gasteiger partial charge in [0, 0.05) is 29.7 Å². The number of amides is 1. The zero-order valence-electron chi connectivity index (χ0n) is 21.5.